The monoisotopic (exact) mass is 232 g/mol. The third-order valence-electron chi connectivity index (χ3n) is 2.24. The maximum Gasteiger partial charge on any atom is 0.377 e. The van der Waals surface area contributed by atoms with Gasteiger partial charge in [0.05, 0.1) is 6.42 Å². The second-order valence-electron chi connectivity index (χ2n) is 3.32. The number of hydrogen-bond acceptors (Lipinski definition) is 2. The molecule has 1 aromatic carbocycles. The van der Waals surface area contributed by atoms with Crippen LogP contribution in [0.4, 0.5) is 8.78 Å². The van der Waals surface area contributed by atoms with Crippen LogP contribution in [0.2, 0.25) is 5.02 Å². The van der Waals surface area contributed by atoms with Crippen LogP contribution in [-0.4, -0.2) is 11.9 Å². The third-order valence-corrected chi connectivity index (χ3v) is 2.59. The molecule has 1 unspecified atom stereocenters. The van der Waals surface area contributed by atoms with Crippen LogP contribution in [0, 0.1) is 0 Å². The smallest absolute Gasteiger partial charge is 0.377 e. The predicted molar refractivity (Wildman–Crippen MR) is 49.8 cm³/mol. The first kappa shape index (κ1) is 10.4. The molecule has 0 bridgehead atoms. The molecule has 0 radical (unpaired) electrons. The largest absolute Gasteiger partial charge is 0.453 e. The molecule has 15 heavy (non-hydrogen) atoms. The Hall–Kier alpha value is -1.16. The zero-order valence-electron chi connectivity index (χ0n) is 7.54. The summed E-state index contributed by atoms with van der Waals surface area (Å²) in [6.07, 6.45) is -1.59. The van der Waals surface area contributed by atoms with Gasteiger partial charge in [-0.05, 0) is 6.07 Å². The SMILES string of the molecule is O=C1OC(c2ccccc2Cl)CC1(F)F. The first-order valence-electron chi connectivity index (χ1n) is 4.34. The molecular weight excluding hydrogens is 226 g/mol. The highest BCUT2D eigenvalue weighted by Gasteiger charge is 2.51. The van der Waals surface area contributed by atoms with Gasteiger partial charge in [-0.2, -0.15) is 8.78 Å². The van der Waals surface area contributed by atoms with Gasteiger partial charge in [0.2, 0.25) is 0 Å². The van der Waals surface area contributed by atoms with Crippen molar-refractivity contribution >= 4 is 17.6 Å². The molecule has 1 fully saturated rings. The number of esters is 1. The van der Waals surface area contributed by atoms with Crippen LogP contribution in [0.5, 0.6) is 0 Å². The fourth-order valence-corrected chi connectivity index (χ4v) is 1.74. The van der Waals surface area contributed by atoms with Crippen LogP contribution >= 0.6 is 11.6 Å². The number of ether oxygens (including phenoxy) is 1. The molecule has 0 aliphatic carbocycles. The molecule has 5 heteroatoms. The number of carbonyl (C=O) groups is 1. The van der Waals surface area contributed by atoms with Gasteiger partial charge in [0.15, 0.2) is 0 Å². The van der Waals surface area contributed by atoms with Crippen LogP contribution in [0.1, 0.15) is 18.1 Å². The van der Waals surface area contributed by atoms with E-state index in [1.165, 1.54) is 0 Å². The molecule has 2 rings (SSSR count). The molecule has 1 heterocycles. The van der Waals surface area contributed by atoms with Gasteiger partial charge in [0, 0.05) is 10.6 Å². The lowest BCUT2D eigenvalue weighted by molar-refractivity contribution is -0.159. The second kappa shape index (κ2) is 3.45. The first-order chi connectivity index (χ1) is 7.00. The molecule has 0 N–H and O–H groups in total. The number of alkyl halides is 2. The standard InChI is InChI=1S/C10H7ClF2O2/c11-7-4-2-1-3-6(7)8-5-10(12,13)9(14)15-8/h1-4,8H,5H2. The summed E-state index contributed by atoms with van der Waals surface area (Å²) >= 11 is 5.81. The fraction of sp³-hybridized carbons (Fsp3) is 0.300. The summed E-state index contributed by atoms with van der Waals surface area (Å²) in [6, 6.07) is 6.48. The van der Waals surface area contributed by atoms with Gasteiger partial charge < -0.3 is 4.74 Å². The second-order valence-corrected chi connectivity index (χ2v) is 3.73. The van der Waals surface area contributed by atoms with E-state index < -0.39 is 24.4 Å². The minimum absolute atomic E-state index is 0.327. The average Bonchev–Trinajstić information content (AvgIpc) is 2.42. The highest BCUT2D eigenvalue weighted by Crippen LogP contribution is 2.41. The fourth-order valence-electron chi connectivity index (χ4n) is 1.48. The number of rotatable bonds is 1. The lowest BCUT2D eigenvalue weighted by Crippen LogP contribution is -2.21. The maximum absolute atomic E-state index is 12.9. The molecule has 1 atom stereocenters. The molecular formula is C10H7ClF2O2. The number of cyclic esters (lactones) is 1. The average molecular weight is 233 g/mol. The van der Waals surface area contributed by atoms with Gasteiger partial charge in [-0.3, -0.25) is 0 Å². The van der Waals surface area contributed by atoms with Crippen LogP contribution in [-0.2, 0) is 9.53 Å². The molecule has 1 aliphatic rings. The van der Waals surface area contributed by atoms with Crippen molar-refractivity contribution < 1.29 is 18.3 Å². The number of halogens is 3. The summed E-state index contributed by atoms with van der Waals surface area (Å²) in [5.41, 5.74) is 0.421. The van der Waals surface area contributed by atoms with Crippen molar-refractivity contribution in [2.45, 2.75) is 18.4 Å². The zero-order valence-corrected chi connectivity index (χ0v) is 8.30. The van der Waals surface area contributed by atoms with Crippen molar-refractivity contribution in [1.82, 2.24) is 0 Å². The van der Waals surface area contributed by atoms with E-state index in [2.05, 4.69) is 4.74 Å². The molecule has 0 aromatic heterocycles. The number of hydrogen-bond donors (Lipinski definition) is 0. The normalized spacial score (nSPS) is 23.9. The van der Waals surface area contributed by atoms with Crippen molar-refractivity contribution in [1.29, 1.82) is 0 Å². The Kier molecular flexibility index (Phi) is 2.38. The zero-order chi connectivity index (χ0) is 11.1. The summed E-state index contributed by atoms with van der Waals surface area (Å²) in [6.45, 7) is 0. The molecule has 80 valence electrons. The molecule has 1 aromatic rings. The molecule has 0 spiro atoms. The van der Waals surface area contributed by atoms with Crippen LogP contribution in [0.3, 0.4) is 0 Å². The summed E-state index contributed by atoms with van der Waals surface area (Å²) in [4.78, 5) is 10.8. The van der Waals surface area contributed by atoms with E-state index in [9.17, 15) is 13.6 Å². The van der Waals surface area contributed by atoms with Crippen LogP contribution in [0.25, 0.3) is 0 Å². The van der Waals surface area contributed by atoms with Crippen molar-refractivity contribution in [3.8, 4) is 0 Å². The minimum Gasteiger partial charge on any atom is -0.453 e. The molecule has 0 amide bonds. The van der Waals surface area contributed by atoms with Gasteiger partial charge in [-0.15, -0.1) is 0 Å². The molecule has 1 saturated heterocycles. The summed E-state index contributed by atoms with van der Waals surface area (Å²) in [5, 5.41) is 0.327. The summed E-state index contributed by atoms with van der Waals surface area (Å²) in [5.74, 6) is -4.88. The third kappa shape index (κ3) is 1.81. The molecule has 0 saturated carbocycles. The quantitative estimate of drug-likeness (QED) is 0.696. The number of benzene rings is 1. The van der Waals surface area contributed by atoms with Gasteiger partial charge in [-0.25, -0.2) is 4.79 Å². The van der Waals surface area contributed by atoms with Crippen LogP contribution in [0.15, 0.2) is 24.3 Å². The Morgan fingerprint density at radius 1 is 1.40 bits per heavy atom. The van der Waals surface area contributed by atoms with Crippen molar-refractivity contribution in [2.75, 3.05) is 0 Å². The first-order valence-corrected chi connectivity index (χ1v) is 4.72. The topological polar surface area (TPSA) is 26.3 Å². The lowest BCUT2D eigenvalue weighted by Gasteiger charge is -2.09. The highest BCUT2D eigenvalue weighted by atomic mass is 35.5. The number of carbonyl (C=O) groups excluding carboxylic acids is 1. The van der Waals surface area contributed by atoms with Crippen molar-refractivity contribution in [3.63, 3.8) is 0 Å². The Morgan fingerprint density at radius 2 is 2.07 bits per heavy atom. The summed E-state index contributed by atoms with van der Waals surface area (Å²) < 4.78 is 30.3. The Morgan fingerprint density at radius 3 is 2.60 bits per heavy atom. The lowest BCUT2D eigenvalue weighted by atomic mass is 10.1. The van der Waals surface area contributed by atoms with E-state index in [4.69, 9.17) is 11.6 Å². The van der Waals surface area contributed by atoms with E-state index in [0.29, 0.717) is 10.6 Å². The van der Waals surface area contributed by atoms with Gasteiger partial charge in [0.1, 0.15) is 6.10 Å². The Labute approximate surface area is 89.8 Å². The Balaban J connectivity index is 2.29. The van der Waals surface area contributed by atoms with Gasteiger partial charge >= 0.3 is 11.9 Å². The highest BCUT2D eigenvalue weighted by molar-refractivity contribution is 6.31. The maximum atomic E-state index is 12.9. The summed E-state index contributed by atoms with van der Waals surface area (Å²) in [7, 11) is 0. The predicted octanol–water partition coefficient (Wildman–Crippen LogP) is 2.96. The van der Waals surface area contributed by atoms with E-state index in [1.54, 1.807) is 24.3 Å². The molecule has 2 nitrogen and oxygen atoms in total. The van der Waals surface area contributed by atoms with E-state index >= 15 is 0 Å². The van der Waals surface area contributed by atoms with Crippen LogP contribution < -0.4 is 0 Å². The minimum atomic E-state index is -3.40. The van der Waals surface area contributed by atoms with E-state index in [1.807, 2.05) is 0 Å². The van der Waals surface area contributed by atoms with Crippen molar-refractivity contribution in [3.05, 3.63) is 34.9 Å². The van der Waals surface area contributed by atoms with E-state index in [0.717, 1.165) is 0 Å². The molecule has 1 aliphatic heterocycles. The van der Waals surface area contributed by atoms with E-state index in [-0.39, 0.29) is 0 Å². The van der Waals surface area contributed by atoms with Gasteiger partial charge in [0.25, 0.3) is 0 Å². The van der Waals surface area contributed by atoms with Gasteiger partial charge in [-0.1, -0.05) is 29.8 Å². The Bertz CT molecular complexity index is 406. The van der Waals surface area contributed by atoms with Crippen molar-refractivity contribution in [2.24, 2.45) is 0 Å².